The van der Waals surface area contributed by atoms with Crippen molar-refractivity contribution in [1.29, 1.82) is 5.26 Å². The summed E-state index contributed by atoms with van der Waals surface area (Å²) in [5, 5.41) is 11.5. The molecule has 1 N–H and O–H groups in total. The molecule has 0 bridgehead atoms. The van der Waals surface area contributed by atoms with Crippen LogP contribution in [0.4, 0.5) is 4.39 Å². The Morgan fingerprint density at radius 1 is 1.50 bits per heavy atom. The molecule has 0 amide bonds. The van der Waals surface area contributed by atoms with Crippen molar-refractivity contribution < 1.29 is 9.13 Å². The molecule has 0 aliphatic heterocycles. The Morgan fingerprint density at radius 2 is 2.31 bits per heavy atom. The Labute approximate surface area is 94.8 Å². The average molecular weight is 222 g/mol. The molecule has 0 heterocycles. The lowest BCUT2D eigenvalue weighted by atomic mass is 10.2. The summed E-state index contributed by atoms with van der Waals surface area (Å²) in [7, 11) is 0. The summed E-state index contributed by atoms with van der Waals surface area (Å²) in [4.78, 5) is 0. The molecule has 1 aromatic carbocycles. The first-order chi connectivity index (χ1) is 7.77. The zero-order valence-corrected chi connectivity index (χ0v) is 9.29. The molecule has 0 aliphatic rings. The van der Waals surface area contributed by atoms with E-state index in [0.29, 0.717) is 6.54 Å². The lowest BCUT2D eigenvalue weighted by Crippen LogP contribution is -2.13. The second-order valence-electron chi connectivity index (χ2n) is 3.39. The lowest BCUT2D eigenvalue weighted by Gasteiger charge is -2.06. The number of nitrogens with one attached hydrogen (secondary N) is 1. The van der Waals surface area contributed by atoms with Crippen molar-refractivity contribution in [2.24, 2.45) is 0 Å². The van der Waals surface area contributed by atoms with Gasteiger partial charge in [0, 0.05) is 6.54 Å². The van der Waals surface area contributed by atoms with Crippen LogP contribution >= 0.6 is 0 Å². The quantitative estimate of drug-likeness (QED) is 0.751. The van der Waals surface area contributed by atoms with E-state index in [9.17, 15) is 4.39 Å². The SMILES string of the molecule is CCCNCc1ccc(OCC#N)c(F)c1. The third-order valence-corrected chi connectivity index (χ3v) is 2.04. The van der Waals surface area contributed by atoms with E-state index < -0.39 is 5.82 Å². The van der Waals surface area contributed by atoms with E-state index in [-0.39, 0.29) is 12.4 Å². The van der Waals surface area contributed by atoms with E-state index in [0.717, 1.165) is 18.5 Å². The summed E-state index contributed by atoms with van der Waals surface area (Å²) in [6, 6.07) is 6.57. The minimum Gasteiger partial charge on any atom is -0.476 e. The van der Waals surface area contributed by atoms with Crippen LogP contribution in [0.2, 0.25) is 0 Å². The number of ether oxygens (including phenoxy) is 1. The Kier molecular flexibility index (Phi) is 5.30. The minimum absolute atomic E-state index is 0.126. The van der Waals surface area contributed by atoms with Gasteiger partial charge in [0.2, 0.25) is 0 Å². The fourth-order valence-corrected chi connectivity index (χ4v) is 1.29. The number of nitrogens with zero attached hydrogens (tertiary/aromatic N) is 1. The molecule has 0 saturated carbocycles. The molecule has 1 rings (SSSR count). The maximum absolute atomic E-state index is 13.4. The smallest absolute Gasteiger partial charge is 0.174 e. The van der Waals surface area contributed by atoms with E-state index in [1.165, 1.54) is 6.07 Å². The highest BCUT2D eigenvalue weighted by molar-refractivity contribution is 5.29. The van der Waals surface area contributed by atoms with Crippen LogP contribution in [0.1, 0.15) is 18.9 Å². The molecule has 3 nitrogen and oxygen atoms in total. The summed E-state index contributed by atoms with van der Waals surface area (Å²) < 4.78 is 18.3. The van der Waals surface area contributed by atoms with Gasteiger partial charge in [-0.2, -0.15) is 5.26 Å². The van der Waals surface area contributed by atoms with Crippen LogP contribution in [0, 0.1) is 17.1 Å². The highest BCUT2D eigenvalue weighted by atomic mass is 19.1. The van der Waals surface area contributed by atoms with Gasteiger partial charge in [0.25, 0.3) is 0 Å². The summed E-state index contributed by atoms with van der Waals surface area (Å²) in [5.74, 6) is -0.299. The maximum Gasteiger partial charge on any atom is 0.174 e. The molecule has 86 valence electrons. The predicted octanol–water partition coefficient (Wildman–Crippen LogP) is 2.23. The normalized spacial score (nSPS) is 9.81. The zero-order valence-electron chi connectivity index (χ0n) is 9.29. The average Bonchev–Trinajstić information content (AvgIpc) is 2.28. The molecule has 4 heteroatoms. The second-order valence-corrected chi connectivity index (χ2v) is 3.39. The molecule has 0 aliphatic carbocycles. The van der Waals surface area contributed by atoms with Crippen molar-refractivity contribution >= 4 is 0 Å². The van der Waals surface area contributed by atoms with Gasteiger partial charge in [0.1, 0.15) is 6.07 Å². The van der Waals surface area contributed by atoms with Crippen molar-refractivity contribution in [1.82, 2.24) is 5.32 Å². The Morgan fingerprint density at radius 3 is 2.94 bits per heavy atom. The topological polar surface area (TPSA) is 45.0 Å². The van der Waals surface area contributed by atoms with Gasteiger partial charge in [0.15, 0.2) is 18.2 Å². The Balaban J connectivity index is 2.57. The number of halogens is 1. The van der Waals surface area contributed by atoms with Crippen LogP contribution in [0.5, 0.6) is 5.75 Å². The van der Waals surface area contributed by atoms with Crippen LogP contribution in [-0.4, -0.2) is 13.2 Å². The van der Waals surface area contributed by atoms with E-state index in [1.807, 2.05) is 0 Å². The fraction of sp³-hybridized carbons (Fsp3) is 0.417. The standard InChI is InChI=1S/C12H15FN2O/c1-2-6-15-9-10-3-4-12(11(13)8-10)16-7-5-14/h3-4,8,15H,2,6-7,9H2,1H3. The van der Waals surface area contributed by atoms with Crippen LogP contribution in [-0.2, 0) is 6.54 Å². The first-order valence-corrected chi connectivity index (χ1v) is 5.26. The van der Waals surface area contributed by atoms with Crippen LogP contribution < -0.4 is 10.1 Å². The lowest BCUT2D eigenvalue weighted by molar-refractivity contribution is 0.346. The molecule has 0 fully saturated rings. The van der Waals surface area contributed by atoms with Crippen molar-refractivity contribution in [3.63, 3.8) is 0 Å². The molecular weight excluding hydrogens is 207 g/mol. The van der Waals surface area contributed by atoms with E-state index in [4.69, 9.17) is 10.00 Å². The van der Waals surface area contributed by atoms with Gasteiger partial charge in [-0.3, -0.25) is 0 Å². The van der Waals surface area contributed by atoms with E-state index in [1.54, 1.807) is 18.2 Å². The monoisotopic (exact) mass is 222 g/mol. The molecular formula is C12H15FN2O. The fourth-order valence-electron chi connectivity index (χ4n) is 1.29. The molecule has 0 saturated heterocycles. The summed E-state index contributed by atoms with van der Waals surface area (Å²) >= 11 is 0. The Bertz CT molecular complexity index is 374. The number of rotatable bonds is 6. The van der Waals surface area contributed by atoms with E-state index >= 15 is 0 Å². The number of hydrogen-bond acceptors (Lipinski definition) is 3. The number of hydrogen-bond donors (Lipinski definition) is 1. The van der Waals surface area contributed by atoms with Crippen molar-refractivity contribution in [3.05, 3.63) is 29.6 Å². The van der Waals surface area contributed by atoms with Gasteiger partial charge in [-0.1, -0.05) is 13.0 Å². The predicted molar refractivity (Wildman–Crippen MR) is 59.5 cm³/mol. The van der Waals surface area contributed by atoms with Gasteiger partial charge in [0.05, 0.1) is 0 Å². The van der Waals surface area contributed by atoms with Crippen LogP contribution in [0.15, 0.2) is 18.2 Å². The minimum atomic E-state index is -0.425. The van der Waals surface area contributed by atoms with Crippen molar-refractivity contribution in [3.8, 4) is 11.8 Å². The largest absolute Gasteiger partial charge is 0.476 e. The third-order valence-electron chi connectivity index (χ3n) is 2.04. The maximum atomic E-state index is 13.4. The molecule has 1 aromatic rings. The van der Waals surface area contributed by atoms with Gasteiger partial charge in [-0.15, -0.1) is 0 Å². The number of nitriles is 1. The molecule has 0 unspecified atom stereocenters. The van der Waals surface area contributed by atoms with Gasteiger partial charge in [-0.05, 0) is 30.7 Å². The Hall–Kier alpha value is -1.60. The number of benzene rings is 1. The third kappa shape index (κ3) is 3.87. The van der Waals surface area contributed by atoms with Crippen LogP contribution in [0.3, 0.4) is 0 Å². The molecule has 0 radical (unpaired) electrons. The first kappa shape index (κ1) is 12.5. The second kappa shape index (κ2) is 6.81. The van der Waals surface area contributed by atoms with Gasteiger partial charge >= 0.3 is 0 Å². The van der Waals surface area contributed by atoms with Gasteiger partial charge in [-0.25, -0.2) is 4.39 Å². The van der Waals surface area contributed by atoms with E-state index in [2.05, 4.69) is 12.2 Å². The summed E-state index contributed by atoms with van der Waals surface area (Å²) in [6.45, 7) is 3.49. The summed E-state index contributed by atoms with van der Waals surface area (Å²) in [6.07, 6.45) is 1.05. The first-order valence-electron chi connectivity index (χ1n) is 5.26. The highest BCUT2D eigenvalue weighted by Gasteiger charge is 2.04. The van der Waals surface area contributed by atoms with Gasteiger partial charge < -0.3 is 10.1 Å². The highest BCUT2D eigenvalue weighted by Crippen LogP contribution is 2.18. The zero-order chi connectivity index (χ0) is 11.8. The van der Waals surface area contributed by atoms with Crippen molar-refractivity contribution in [2.75, 3.05) is 13.2 Å². The molecule has 16 heavy (non-hydrogen) atoms. The molecule has 0 aromatic heterocycles. The molecule has 0 atom stereocenters. The van der Waals surface area contributed by atoms with Crippen molar-refractivity contribution in [2.45, 2.75) is 19.9 Å². The van der Waals surface area contributed by atoms with Crippen LogP contribution in [0.25, 0.3) is 0 Å². The molecule has 0 spiro atoms. The summed E-state index contributed by atoms with van der Waals surface area (Å²) in [5.41, 5.74) is 0.871.